The second-order valence-corrected chi connectivity index (χ2v) is 14.7. The number of rotatable bonds is 8. The number of piperidine rings is 2. The number of hydrogen-bond acceptors (Lipinski definition) is 16. The second kappa shape index (κ2) is 15.3. The van der Waals surface area contributed by atoms with Gasteiger partial charge in [0.25, 0.3) is 0 Å². The number of nitrogens with zero attached hydrogens (tertiary/aromatic N) is 14. The first-order valence-electron chi connectivity index (χ1n) is 19.7. The Bertz CT molecular complexity index is 2300. The van der Waals surface area contributed by atoms with Gasteiger partial charge in [0, 0.05) is 75.9 Å². The molecule has 0 aromatic carbocycles. The number of anilines is 3. The molecule has 0 bridgehead atoms. The van der Waals surface area contributed by atoms with Crippen molar-refractivity contribution >= 4 is 29.0 Å². The maximum absolute atomic E-state index is 7.12. The first-order chi connectivity index (χ1) is 27.7. The molecular weight excluding hydrogens is 713 g/mol. The van der Waals surface area contributed by atoms with Crippen LogP contribution < -0.4 is 26.0 Å². The van der Waals surface area contributed by atoms with Crippen LogP contribution in [0.2, 0.25) is 0 Å². The van der Waals surface area contributed by atoms with E-state index in [1.807, 2.05) is 58.7 Å². The molecule has 0 spiro atoms. The lowest BCUT2D eigenvalue weighted by molar-refractivity contribution is 0.0647. The molecule has 0 saturated carbocycles. The molecule has 0 aliphatic carbocycles. The lowest BCUT2D eigenvalue weighted by atomic mass is 9.90. The van der Waals surface area contributed by atoms with Gasteiger partial charge in [-0.25, -0.2) is 40.7 Å². The Morgan fingerprint density at radius 1 is 0.661 bits per heavy atom. The topological polar surface area (TPSA) is 181 Å². The van der Waals surface area contributed by atoms with Crippen LogP contribution in [0.25, 0.3) is 34.1 Å². The fourth-order valence-corrected chi connectivity index (χ4v) is 8.69. The Hall–Kier alpha value is -5.40. The van der Waals surface area contributed by atoms with Gasteiger partial charge in [0.1, 0.15) is 5.69 Å². The SMILES string of the molecule is NN(c1nccn2c(-c3ccnc(N4CCOCC4)n3)cnc12)C1CCN(C2CCNCC2)C(c2nccn3c(-c4ccnc(N5CCOCC5)n4)cnc23)C1. The van der Waals surface area contributed by atoms with Crippen molar-refractivity contribution in [2.45, 2.75) is 43.8 Å². The van der Waals surface area contributed by atoms with Crippen LogP contribution in [0.4, 0.5) is 17.7 Å². The predicted octanol–water partition coefficient (Wildman–Crippen LogP) is 2.00. The van der Waals surface area contributed by atoms with Gasteiger partial charge in [-0.2, -0.15) is 0 Å². The number of nitrogens with one attached hydrogen (secondary N) is 1. The summed E-state index contributed by atoms with van der Waals surface area (Å²) >= 11 is 0. The van der Waals surface area contributed by atoms with E-state index < -0.39 is 0 Å². The fourth-order valence-electron chi connectivity index (χ4n) is 8.69. The first-order valence-corrected chi connectivity index (χ1v) is 19.7. The molecule has 0 amide bonds. The van der Waals surface area contributed by atoms with Crippen molar-refractivity contribution in [3.63, 3.8) is 0 Å². The summed E-state index contributed by atoms with van der Waals surface area (Å²) in [5, 5.41) is 5.37. The molecule has 6 aromatic heterocycles. The minimum Gasteiger partial charge on any atom is -0.378 e. The van der Waals surface area contributed by atoms with Crippen LogP contribution in [0.15, 0.2) is 61.7 Å². The minimum atomic E-state index is -0.0294. The lowest BCUT2D eigenvalue weighted by Gasteiger charge is -2.46. The summed E-state index contributed by atoms with van der Waals surface area (Å²) in [6.07, 6.45) is 18.7. The van der Waals surface area contributed by atoms with Crippen LogP contribution in [0.3, 0.4) is 0 Å². The van der Waals surface area contributed by atoms with Gasteiger partial charge in [0.05, 0.1) is 73.7 Å². The number of ether oxygens (including phenoxy) is 2. The Balaban J connectivity index is 0.964. The fraction of sp³-hybridized carbons (Fsp3) is 0.474. The highest BCUT2D eigenvalue weighted by Crippen LogP contribution is 2.38. The van der Waals surface area contributed by atoms with Crippen LogP contribution in [-0.4, -0.2) is 138 Å². The van der Waals surface area contributed by atoms with E-state index >= 15 is 0 Å². The second-order valence-electron chi connectivity index (χ2n) is 14.7. The van der Waals surface area contributed by atoms with Crippen LogP contribution in [0, 0.1) is 0 Å². The number of likely N-dealkylation sites (tertiary alicyclic amines) is 1. The van der Waals surface area contributed by atoms with E-state index in [9.17, 15) is 0 Å². The van der Waals surface area contributed by atoms with Crippen LogP contribution in [0.1, 0.15) is 37.4 Å². The monoisotopic (exact) mass is 758 g/mol. The molecule has 18 heteroatoms. The van der Waals surface area contributed by atoms with Crippen molar-refractivity contribution in [2.75, 3.05) is 87.0 Å². The van der Waals surface area contributed by atoms with E-state index in [0.717, 1.165) is 106 Å². The Morgan fingerprint density at radius 2 is 1.25 bits per heavy atom. The van der Waals surface area contributed by atoms with Gasteiger partial charge in [-0.15, -0.1) is 0 Å². The summed E-state index contributed by atoms with van der Waals surface area (Å²) in [6, 6.07) is 4.23. The molecule has 4 aliphatic rings. The summed E-state index contributed by atoms with van der Waals surface area (Å²) in [7, 11) is 0. The van der Waals surface area contributed by atoms with E-state index in [1.54, 1.807) is 12.4 Å². The van der Waals surface area contributed by atoms with Gasteiger partial charge in [-0.05, 0) is 50.9 Å². The molecule has 4 aliphatic heterocycles. The van der Waals surface area contributed by atoms with Crippen molar-refractivity contribution in [3.05, 3.63) is 67.4 Å². The average Bonchev–Trinajstić information content (AvgIpc) is 3.92. The van der Waals surface area contributed by atoms with Crippen molar-refractivity contribution in [1.29, 1.82) is 0 Å². The highest BCUT2D eigenvalue weighted by atomic mass is 16.5. The number of imidazole rings is 2. The number of aromatic nitrogens is 10. The third-order valence-corrected chi connectivity index (χ3v) is 11.6. The van der Waals surface area contributed by atoms with Gasteiger partial charge >= 0.3 is 0 Å². The number of nitrogens with two attached hydrogens (primary N) is 1. The van der Waals surface area contributed by atoms with E-state index in [0.29, 0.717) is 55.8 Å². The third-order valence-electron chi connectivity index (χ3n) is 11.6. The van der Waals surface area contributed by atoms with Crippen LogP contribution in [0.5, 0.6) is 0 Å². The van der Waals surface area contributed by atoms with E-state index in [-0.39, 0.29) is 12.1 Å². The van der Waals surface area contributed by atoms with Crippen LogP contribution in [-0.2, 0) is 9.47 Å². The van der Waals surface area contributed by atoms with Crippen molar-refractivity contribution in [1.82, 2.24) is 58.9 Å². The van der Waals surface area contributed by atoms with Crippen molar-refractivity contribution in [3.8, 4) is 22.8 Å². The lowest BCUT2D eigenvalue weighted by Crippen LogP contribution is -2.54. The zero-order valence-electron chi connectivity index (χ0n) is 31.3. The largest absolute Gasteiger partial charge is 0.378 e. The minimum absolute atomic E-state index is 0.0224. The molecule has 18 nitrogen and oxygen atoms in total. The number of hydrazine groups is 1. The Morgan fingerprint density at radius 3 is 1.89 bits per heavy atom. The van der Waals surface area contributed by atoms with E-state index in [4.69, 9.17) is 45.2 Å². The molecular formula is C38H46N16O2. The Kier molecular flexibility index (Phi) is 9.55. The summed E-state index contributed by atoms with van der Waals surface area (Å²) < 4.78 is 15.2. The van der Waals surface area contributed by atoms with Gasteiger partial charge in [-0.3, -0.25) is 23.7 Å². The molecule has 3 N–H and O–H groups in total. The summed E-state index contributed by atoms with van der Waals surface area (Å²) in [5.74, 6) is 9.12. The number of fused-ring (bicyclic) bond motifs is 2. The van der Waals surface area contributed by atoms with Crippen molar-refractivity contribution < 1.29 is 9.47 Å². The van der Waals surface area contributed by atoms with Gasteiger partial charge in [-0.1, -0.05) is 0 Å². The summed E-state index contributed by atoms with van der Waals surface area (Å²) in [6.45, 7) is 8.58. The molecule has 10 heterocycles. The standard InChI is InChI=1S/C38H46N16O2/c39-54(36-35-46-25-32(53(35)14-11-42-36)29-4-9-44-38(48-29)50-17-21-56-22-18-50)27-5-12-51(26-1-6-40-7-2-26)30(23-27)33-34-45-24-31(52(34)13-10-41-33)28-3-8-43-37(47-28)49-15-19-55-20-16-49/h3-4,8-11,13-14,24-27,30,40H,1-2,5-7,12,15-23,39H2. The molecule has 56 heavy (non-hydrogen) atoms. The normalized spacial score (nSPS) is 21.6. The number of morpholine rings is 2. The molecule has 6 aromatic rings. The predicted molar refractivity (Wildman–Crippen MR) is 209 cm³/mol. The van der Waals surface area contributed by atoms with E-state index in [1.165, 1.54) is 0 Å². The van der Waals surface area contributed by atoms with E-state index in [2.05, 4.69) is 34.4 Å². The van der Waals surface area contributed by atoms with Gasteiger partial charge in [0.15, 0.2) is 17.1 Å². The van der Waals surface area contributed by atoms with Gasteiger partial charge < -0.3 is 24.6 Å². The maximum atomic E-state index is 7.12. The first kappa shape index (κ1) is 35.0. The summed E-state index contributed by atoms with van der Waals surface area (Å²) in [4.78, 5) is 45.7. The smallest absolute Gasteiger partial charge is 0.226 e. The van der Waals surface area contributed by atoms with Gasteiger partial charge in [0.2, 0.25) is 11.9 Å². The van der Waals surface area contributed by atoms with Crippen molar-refractivity contribution in [2.24, 2.45) is 5.84 Å². The highest BCUT2D eigenvalue weighted by Gasteiger charge is 2.39. The van der Waals surface area contributed by atoms with Crippen LogP contribution >= 0.6 is 0 Å². The molecule has 4 fully saturated rings. The maximum Gasteiger partial charge on any atom is 0.226 e. The molecule has 10 rings (SSSR count). The average molecular weight is 759 g/mol. The summed E-state index contributed by atoms with van der Waals surface area (Å²) in [5.41, 5.74) is 5.77. The Labute approximate surface area is 323 Å². The zero-order chi connectivity index (χ0) is 37.4. The zero-order valence-corrected chi connectivity index (χ0v) is 31.3. The highest BCUT2D eigenvalue weighted by molar-refractivity contribution is 5.70. The quantitative estimate of drug-likeness (QED) is 0.170. The number of hydrogen-bond donors (Lipinski definition) is 2. The third kappa shape index (κ3) is 6.56. The molecule has 2 atom stereocenters. The molecule has 2 unspecified atom stereocenters. The molecule has 290 valence electrons. The molecule has 0 radical (unpaired) electrons. The molecule has 4 saturated heterocycles.